The lowest BCUT2D eigenvalue weighted by molar-refractivity contribution is 0.236. The lowest BCUT2D eigenvalue weighted by Crippen LogP contribution is -2.39. The van der Waals surface area contributed by atoms with Crippen molar-refractivity contribution in [1.29, 1.82) is 5.26 Å². The van der Waals surface area contributed by atoms with Gasteiger partial charge in [-0.05, 0) is 38.0 Å². The molecule has 0 radical (unpaired) electrons. The van der Waals surface area contributed by atoms with Crippen molar-refractivity contribution in [2.24, 2.45) is 0 Å². The van der Waals surface area contributed by atoms with E-state index < -0.39 is 0 Å². The molecule has 0 amide bonds. The lowest BCUT2D eigenvalue weighted by Gasteiger charge is -2.33. The second-order valence-electron chi connectivity index (χ2n) is 5.45. The zero-order valence-electron chi connectivity index (χ0n) is 11.8. The van der Waals surface area contributed by atoms with Crippen LogP contribution in [0.2, 0.25) is 0 Å². The summed E-state index contributed by atoms with van der Waals surface area (Å²) in [5.41, 5.74) is 2.28. The molecule has 1 saturated heterocycles. The Morgan fingerprint density at radius 1 is 1.50 bits per heavy atom. The number of likely N-dealkylation sites (tertiary alicyclic amines) is 1. The molecule has 20 heavy (non-hydrogen) atoms. The fourth-order valence-electron chi connectivity index (χ4n) is 2.57. The number of nitrogens with one attached hydrogen (secondary N) is 1. The third-order valence-electron chi connectivity index (χ3n) is 3.54. The second kappa shape index (κ2) is 6.53. The molecule has 3 nitrogen and oxygen atoms in total. The van der Waals surface area contributed by atoms with Gasteiger partial charge in [-0.3, -0.25) is 4.90 Å². The molecule has 0 bridgehead atoms. The number of nitriles is 1. The Morgan fingerprint density at radius 3 is 2.80 bits per heavy atom. The maximum Gasteiger partial charge on any atom is 0.124 e. The van der Waals surface area contributed by atoms with Gasteiger partial charge < -0.3 is 5.32 Å². The first kappa shape index (κ1) is 14.5. The van der Waals surface area contributed by atoms with Crippen LogP contribution in [0, 0.1) is 17.1 Å². The fourth-order valence-corrected chi connectivity index (χ4v) is 2.57. The number of benzene rings is 1. The molecule has 0 saturated carbocycles. The van der Waals surface area contributed by atoms with Gasteiger partial charge in [-0.1, -0.05) is 12.2 Å². The van der Waals surface area contributed by atoms with Gasteiger partial charge in [0.05, 0.1) is 11.3 Å². The van der Waals surface area contributed by atoms with Crippen LogP contribution >= 0.6 is 0 Å². The minimum absolute atomic E-state index is 0.342. The van der Waals surface area contributed by atoms with Crippen LogP contribution < -0.4 is 5.32 Å². The van der Waals surface area contributed by atoms with E-state index in [-0.39, 0.29) is 5.82 Å². The maximum absolute atomic E-state index is 13.1. The summed E-state index contributed by atoms with van der Waals surface area (Å²) >= 11 is 0. The first-order chi connectivity index (χ1) is 9.58. The molecule has 1 aromatic carbocycles. The van der Waals surface area contributed by atoms with Crippen LogP contribution in [0.1, 0.15) is 25.3 Å². The predicted octanol–water partition coefficient (Wildman–Crippen LogP) is 3.15. The van der Waals surface area contributed by atoms with Gasteiger partial charge >= 0.3 is 0 Å². The predicted molar refractivity (Wildman–Crippen MR) is 79.0 cm³/mol. The molecule has 4 heteroatoms. The normalized spacial score (nSPS) is 16.6. The van der Waals surface area contributed by atoms with Crippen LogP contribution in [0.25, 0.3) is 0 Å². The van der Waals surface area contributed by atoms with Crippen molar-refractivity contribution in [3.05, 3.63) is 41.7 Å². The number of anilines is 1. The molecule has 106 valence electrons. The number of hydrogen-bond acceptors (Lipinski definition) is 3. The topological polar surface area (TPSA) is 39.1 Å². The molecule has 0 aliphatic carbocycles. The van der Waals surface area contributed by atoms with Crippen LogP contribution in [-0.2, 0) is 0 Å². The molecule has 2 rings (SSSR count). The van der Waals surface area contributed by atoms with E-state index in [4.69, 9.17) is 5.26 Å². The van der Waals surface area contributed by atoms with Crippen LogP contribution in [0.3, 0.4) is 0 Å². The van der Waals surface area contributed by atoms with Gasteiger partial charge in [0.2, 0.25) is 0 Å². The largest absolute Gasteiger partial charge is 0.381 e. The quantitative estimate of drug-likeness (QED) is 0.857. The molecule has 1 heterocycles. The Kier molecular flexibility index (Phi) is 4.75. The third-order valence-corrected chi connectivity index (χ3v) is 3.54. The minimum atomic E-state index is -0.372. The molecule has 1 fully saturated rings. The maximum atomic E-state index is 13.1. The SMILES string of the molecule is C=C(C)CN1CCC(Nc2ccc(F)cc2C#N)CC1. The average molecular weight is 273 g/mol. The van der Waals surface area contributed by atoms with E-state index in [1.54, 1.807) is 6.07 Å². The smallest absolute Gasteiger partial charge is 0.124 e. The molecular formula is C16H20FN3. The Labute approximate surface area is 119 Å². The highest BCUT2D eigenvalue weighted by atomic mass is 19.1. The van der Waals surface area contributed by atoms with E-state index in [1.165, 1.54) is 17.7 Å². The summed E-state index contributed by atoms with van der Waals surface area (Å²) in [6.45, 7) is 8.98. The van der Waals surface area contributed by atoms with Crippen LogP contribution in [0.4, 0.5) is 10.1 Å². The first-order valence-corrected chi connectivity index (χ1v) is 6.91. The van der Waals surface area contributed by atoms with Crippen molar-refractivity contribution >= 4 is 5.69 Å². The molecular weight excluding hydrogens is 253 g/mol. The summed E-state index contributed by atoms with van der Waals surface area (Å²) in [4.78, 5) is 2.39. The number of hydrogen-bond donors (Lipinski definition) is 1. The molecule has 0 spiro atoms. The van der Waals surface area contributed by atoms with E-state index in [1.807, 2.05) is 13.0 Å². The van der Waals surface area contributed by atoms with Gasteiger partial charge in [-0.15, -0.1) is 0 Å². The van der Waals surface area contributed by atoms with E-state index in [0.29, 0.717) is 11.6 Å². The Hall–Kier alpha value is -1.86. The van der Waals surface area contributed by atoms with Crippen molar-refractivity contribution in [2.45, 2.75) is 25.8 Å². The van der Waals surface area contributed by atoms with Gasteiger partial charge in [0.1, 0.15) is 11.9 Å². The first-order valence-electron chi connectivity index (χ1n) is 6.91. The van der Waals surface area contributed by atoms with Crippen molar-refractivity contribution in [1.82, 2.24) is 4.90 Å². The molecule has 1 aromatic rings. The van der Waals surface area contributed by atoms with Crippen molar-refractivity contribution in [3.8, 4) is 6.07 Å². The zero-order chi connectivity index (χ0) is 14.5. The van der Waals surface area contributed by atoms with Crippen LogP contribution in [-0.4, -0.2) is 30.6 Å². The monoisotopic (exact) mass is 273 g/mol. The fraction of sp³-hybridized carbons (Fsp3) is 0.438. The number of rotatable bonds is 4. The highest BCUT2D eigenvalue weighted by Crippen LogP contribution is 2.21. The Bertz CT molecular complexity index is 525. The zero-order valence-corrected chi connectivity index (χ0v) is 11.8. The van der Waals surface area contributed by atoms with E-state index in [9.17, 15) is 4.39 Å². The van der Waals surface area contributed by atoms with Crippen molar-refractivity contribution in [2.75, 3.05) is 25.0 Å². The Balaban J connectivity index is 1.93. The standard InChI is InChI=1S/C16H20FN3/c1-12(2)11-20-7-5-15(6-8-20)19-16-4-3-14(17)9-13(16)10-18/h3-4,9,15,19H,1,5-8,11H2,2H3. The van der Waals surface area contributed by atoms with Gasteiger partial charge in [-0.25, -0.2) is 4.39 Å². The summed E-state index contributed by atoms with van der Waals surface area (Å²) in [5, 5.41) is 12.4. The van der Waals surface area contributed by atoms with Gasteiger partial charge in [0.25, 0.3) is 0 Å². The highest BCUT2D eigenvalue weighted by Gasteiger charge is 2.19. The number of halogens is 1. The molecule has 0 atom stereocenters. The van der Waals surface area contributed by atoms with E-state index in [2.05, 4.69) is 16.8 Å². The minimum Gasteiger partial charge on any atom is -0.381 e. The molecule has 0 aromatic heterocycles. The molecule has 0 unspecified atom stereocenters. The highest BCUT2D eigenvalue weighted by molar-refractivity contribution is 5.57. The second-order valence-corrected chi connectivity index (χ2v) is 5.45. The molecule has 1 aliphatic rings. The van der Waals surface area contributed by atoms with Crippen molar-refractivity contribution < 1.29 is 4.39 Å². The third kappa shape index (κ3) is 3.82. The van der Waals surface area contributed by atoms with E-state index in [0.717, 1.165) is 38.2 Å². The van der Waals surface area contributed by atoms with Gasteiger partial charge in [0, 0.05) is 25.7 Å². The number of nitrogens with zero attached hydrogens (tertiary/aromatic N) is 2. The summed E-state index contributed by atoms with van der Waals surface area (Å²) in [6, 6.07) is 6.69. The van der Waals surface area contributed by atoms with Crippen LogP contribution in [0.15, 0.2) is 30.4 Å². The molecule has 1 N–H and O–H groups in total. The molecule has 1 aliphatic heterocycles. The van der Waals surface area contributed by atoms with Gasteiger partial charge in [-0.2, -0.15) is 5.26 Å². The van der Waals surface area contributed by atoms with Crippen molar-refractivity contribution in [3.63, 3.8) is 0 Å². The van der Waals surface area contributed by atoms with E-state index >= 15 is 0 Å². The van der Waals surface area contributed by atoms with Crippen LogP contribution in [0.5, 0.6) is 0 Å². The Morgan fingerprint density at radius 2 is 2.20 bits per heavy atom. The van der Waals surface area contributed by atoms with Gasteiger partial charge in [0.15, 0.2) is 0 Å². The number of piperidine rings is 1. The lowest BCUT2D eigenvalue weighted by atomic mass is 10.0. The summed E-state index contributed by atoms with van der Waals surface area (Å²) in [5.74, 6) is -0.372. The summed E-state index contributed by atoms with van der Waals surface area (Å²) in [7, 11) is 0. The summed E-state index contributed by atoms with van der Waals surface area (Å²) in [6.07, 6.45) is 2.05. The average Bonchev–Trinajstić information content (AvgIpc) is 2.42. The summed E-state index contributed by atoms with van der Waals surface area (Å²) < 4.78 is 13.1.